The molecule has 3 aliphatic rings. The van der Waals surface area contributed by atoms with Crippen LogP contribution in [0.4, 0.5) is 0 Å². The first-order chi connectivity index (χ1) is 8.27. The maximum atomic E-state index is 12.6. The van der Waals surface area contributed by atoms with Crippen molar-refractivity contribution in [2.24, 2.45) is 11.8 Å². The van der Waals surface area contributed by atoms with Crippen LogP contribution in [-0.4, -0.2) is 36.1 Å². The van der Waals surface area contributed by atoms with E-state index in [2.05, 4.69) is 11.8 Å². The van der Waals surface area contributed by atoms with E-state index in [1.54, 1.807) is 0 Å². The lowest BCUT2D eigenvalue weighted by Gasteiger charge is -2.34. The molecule has 1 aliphatic carbocycles. The first-order valence-corrected chi connectivity index (χ1v) is 7.17. The fourth-order valence-corrected chi connectivity index (χ4v) is 4.03. The van der Waals surface area contributed by atoms with Crippen molar-refractivity contribution in [3.05, 3.63) is 0 Å². The maximum Gasteiger partial charge on any atom is 0.228 e. The van der Waals surface area contributed by atoms with Crippen LogP contribution in [0.1, 0.15) is 45.4 Å². The Hall–Kier alpha value is -0.570. The molecule has 3 heteroatoms. The number of rotatable bonds is 1. The third kappa shape index (κ3) is 1.99. The number of carbonyl (C=O) groups is 1. The highest BCUT2D eigenvalue weighted by atomic mass is 16.5. The van der Waals surface area contributed by atoms with Crippen LogP contribution in [-0.2, 0) is 9.53 Å². The predicted molar refractivity (Wildman–Crippen MR) is 65.6 cm³/mol. The quantitative estimate of drug-likeness (QED) is 0.699. The largest absolute Gasteiger partial charge is 0.381 e. The minimum atomic E-state index is 0.151. The Morgan fingerprint density at radius 2 is 2.06 bits per heavy atom. The van der Waals surface area contributed by atoms with E-state index in [9.17, 15) is 4.79 Å². The highest BCUT2D eigenvalue weighted by Gasteiger charge is 2.44. The average molecular weight is 237 g/mol. The van der Waals surface area contributed by atoms with Gasteiger partial charge in [-0.3, -0.25) is 4.79 Å². The average Bonchev–Trinajstić information content (AvgIpc) is 2.94. The standard InChI is InChI=1S/C14H23NO2/c1-10-8-11-4-2-3-5-13(11)15(10)14(16)12-6-7-17-9-12/h10-13H,2-9H2,1H3. The molecule has 3 nitrogen and oxygen atoms in total. The number of ether oxygens (including phenoxy) is 1. The van der Waals surface area contributed by atoms with Gasteiger partial charge < -0.3 is 9.64 Å². The summed E-state index contributed by atoms with van der Waals surface area (Å²) in [6.07, 6.45) is 7.39. The third-order valence-electron chi connectivity index (χ3n) is 4.88. The Bertz CT molecular complexity index is 299. The molecule has 0 spiro atoms. The topological polar surface area (TPSA) is 29.5 Å². The first-order valence-electron chi connectivity index (χ1n) is 7.17. The molecule has 3 rings (SSSR count). The minimum absolute atomic E-state index is 0.151. The van der Waals surface area contributed by atoms with Crippen molar-refractivity contribution in [1.29, 1.82) is 0 Å². The Labute approximate surface area is 104 Å². The fourth-order valence-electron chi connectivity index (χ4n) is 4.03. The summed E-state index contributed by atoms with van der Waals surface area (Å²) >= 11 is 0. The van der Waals surface area contributed by atoms with Gasteiger partial charge >= 0.3 is 0 Å². The summed E-state index contributed by atoms with van der Waals surface area (Å²) in [7, 11) is 0. The number of fused-ring (bicyclic) bond motifs is 1. The van der Waals surface area contributed by atoms with Crippen LogP contribution in [0.25, 0.3) is 0 Å². The Balaban J connectivity index is 1.74. The lowest BCUT2D eigenvalue weighted by atomic mass is 9.84. The lowest BCUT2D eigenvalue weighted by Crippen LogP contribution is -2.45. The van der Waals surface area contributed by atoms with Crippen molar-refractivity contribution in [1.82, 2.24) is 4.90 Å². The van der Waals surface area contributed by atoms with E-state index in [0.717, 1.165) is 18.9 Å². The van der Waals surface area contributed by atoms with E-state index in [1.807, 2.05) is 0 Å². The third-order valence-corrected chi connectivity index (χ3v) is 4.88. The number of hydrogen-bond acceptors (Lipinski definition) is 2. The molecule has 4 atom stereocenters. The molecule has 96 valence electrons. The van der Waals surface area contributed by atoms with E-state index in [1.165, 1.54) is 32.1 Å². The molecule has 0 bridgehead atoms. The number of likely N-dealkylation sites (tertiary alicyclic amines) is 1. The predicted octanol–water partition coefficient (Wildman–Crippen LogP) is 2.20. The molecule has 0 N–H and O–H groups in total. The Morgan fingerprint density at radius 3 is 2.82 bits per heavy atom. The van der Waals surface area contributed by atoms with Crippen molar-refractivity contribution in [2.45, 2.75) is 57.5 Å². The zero-order valence-corrected chi connectivity index (χ0v) is 10.7. The van der Waals surface area contributed by atoms with Crippen LogP contribution >= 0.6 is 0 Å². The van der Waals surface area contributed by atoms with Gasteiger partial charge in [0.1, 0.15) is 0 Å². The summed E-state index contributed by atoms with van der Waals surface area (Å²) in [5.41, 5.74) is 0. The summed E-state index contributed by atoms with van der Waals surface area (Å²) in [6.45, 7) is 3.65. The zero-order valence-electron chi connectivity index (χ0n) is 10.7. The number of carbonyl (C=O) groups excluding carboxylic acids is 1. The van der Waals surface area contributed by atoms with Crippen LogP contribution in [0.3, 0.4) is 0 Å². The minimum Gasteiger partial charge on any atom is -0.381 e. The van der Waals surface area contributed by atoms with Crippen molar-refractivity contribution >= 4 is 5.91 Å². The maximum absolute atomic E-state index is 12.6. The summed E-state index contributed by atoms with van der Waals surface area (Å²) in [6, 6.07) is 1.00. The molecule has 1 saturated carbocycles. The van der Waals surface area contributed by atoms with E-state index in [0.29, 0.717) is 24.6 Å². The van der Waals surface area contributed by atoms with Gasteiger partial charge in [-0.15, -0.1) is 0 Å². The molecule has 0 aromatic heterocycles. The second-order valence-electron chi connectivity index (χ2n) is 6.00. The molecule has 2 aliphatic heterocycles. The summed E-state index contributed by atoms with van der Waals surface area (Å²) < 4.78 is 5.36. The number of hydrogen-bond donors (Lipinski definition) is 0. The second kappa shape index (κ2) is 4.60. The van der Waals surface area contributed by atoms with Gasteiger partial charge in [-0.25, -0.2) is 0 Å². The summed E-state index contributed by atoms with van der Waals surface area (Å²) in [4.78, 5) is 14.8. The molecule has 17 heavy (non-hydrogen) atoms. The Morgan fingerprint density at radius 1 is 1.24 bits per heavy atom. The summed E-state index contributed by atoms with van der Waals surface area (Å²) in [5, 5.41) is 0. The molecule has 4 unspecified atom stereocenters. The number of nitrogens with zero attached hydrogens (tertiary/aromatic N) is 1. The van der Waals surface area contributed by atoms with Crippen LogP contribution in [0, 0.1) is 11.8 Å². The Kier molecular flexibility index (Phi) is 3.12. The van der Waals surface area contributed by atoms with Gasteiger partial charge in [0, 0.05) is 18.7 Å². The summed E-state index contributed by atoms with van der Waals surface area (Å²) in [5.74, 6) is 1.31. The SMILES string of the molecule is CC1CC2CCCCC2N1C(=O)C1CCOC1. The van der Waals surface area contributed by atoms with Crippen LogP contribution in [0.5, 0.6) is 0 Å². The van der Waals surface area contributed by atoms with E-state index < -0.39 is 0 Å². The molecule has 0 radical (unpaired) electrons. The number of amides is 1. The smallest absolute Gasteiger partial charge is 0.228 e. The van der Waals surface area contributed by atoms with Gasteiger partial charge in [-0.05, 0) is 38.5 Å². The normalized spacial score (nSPS) is 41.6. The van der Waals surface area contributed by atoms with E-state index in [4.69, 9.17) is 4.74 Å². The highest BCUT2D eigenvalue weighted by Crippen LogP contribution is 2.40. The molecule has 2 heterocycles. The van der Waals surface area contributed by atoms with Crippen molar-refractivity contribution in [2.75, 3.05) is 13.2 Å². The van der Waals surface area contributed by atoms with Crippen LogP contribution < -0.4 is 0 Å². The van der Waals surface area contributed by atoms with Gasteiger partial charge in [-0.1, -0.05) is 12.8 Å². The molecule has 2 saturated heterocycles. The van der Waals surface area contributed by atoms with Gasteiger partial charge in [-0.2, -0.15) is 0 Å². The molecular weight excluding hydrogens is 214 g/mol. The highest BCUT2D eigenvalue weighted by molar-refractivity contribution is 5.80. The van der Waals surface area contributed by atoms with Gasteiger partial charge in [0.05, 0.1) is 12.5 Å². The van der Waals surface area contributed by atoms with Crippen LogP contribution in [0.2, 0.25) is 0 Å². The molecule has 0 aromatic carbocycles. The molecule has 0 aromatic rings. The molecule has 3 fully saturated rings. The monoisotopic (exact) mass is 237 g/mol. The fraction of sp³-hybridized carbons (Fsp3) is 0.929. The van der Waals surface area contributed by atoms with Crippen molar-refractivity contribution in [3.63, 3.8) is 0 Å². The first kappa shape index (κ1) is 11.5. The van der Waals surface area contributed by atoms with Gasteiger partial charge in [0.2, 0.25) is 5.91 Å². The van der Waals surface area contributed by atoms with E-state index >= 15 is 0 Å². The second-order valence-corrected chi connectivity index (χ2v) is 6.00. The molecule has 1 amide bonds. The van der Waals surface area contributed by atoms with Gasteiger partial charge in [0.15, 0.2) is 0 Å². The van der Waals surface area contributed by atoms with Crippen LogP contribution in [0.15, 0.2) is 0 Å². The van der Waals surface area contributed by atoms with Crippen molar-refractivity contribution in [3.8, 4) is 0 Å². The molecular formula is C14H23NO2. The lowest BCUT2D eigenvalue weighted by molar-refractivity contribution is -0.138. The van der Waals surface area contributed by atoms with E-state index in [-0.39, 0.29) is 5.92 Å². The van der Waals surface area contributed by atoms with Crippen molar-refractivity contribution < 1.29 is 9.53 Å². The zero-order chi connectivity index (χ0) is 11.8. The van der Waals surface area contributed by atoms with Gasteiger partial charge in [0.25, 0.3) is 0 Å².